The number of amides is 2. The fourth-order valence-corrected chi connectivity index (χ4v) is 2.13. The third-order valence-corrected chi connectivity index (χ3v) is 3.15. The summed E-state index contributed by atoms with van der Waals surface area (Å²) in [6.45, 7) is 0. The summed E-state index contributed by atoms with van der Waals surface area (Å²) >= 11 is 11.8. The average molecular weight is 273 g/mol. The Morgan fingerprint density at radius 1 is 1.35 bits per heavy atom. The Morgan fingerprint density at radius 2 is 2.00 bits per heavy atom. The van der Waals surface area contributed by atoms with Gasteiger partial charge in [0.25, 0.3) is 0 Å². The van der Waals surface area contributed by atoms with Gasteiger partial charge in [-0.2, -0.15) is 0 Å². The van der Waals surface area contributed by atoms with Crippen LogP contribution in [0.3, 0.4) is 0 Å². The lowest BCUT2D eigenvalue weighted by atomic mass is 10.2. The van der Waals surface area contributed by atoms with Crippen molar-refractivity contribution in [2.45, 2.75) is 18.9 Å². The monoisotopic (exact) mass is 272 g/mol. The molecule has 1 aliphatic rings. The summed E-state index contributed by atoms with van der Waals surface area (Å²) in [4.78, 5) is 22.8. The van der Waals surface area contributed by atoms with E-state index in [0.717, 1.165) is 0 Å². The lowest BCUT2D eigenvalue weighted by Gasteiger charge is -2.13. The van der Waals surface area contributed by atoms with E-state index in [1.807, 2.05) is 0 Å². The van der Waals surface area contributed by atoms with Crippen molar-refractivity contribution >= 4 is 40.7 Å². The Bertz CT molecular complexity index is 456. The number of rotatable bonds is 2. The van der Waals surface area contributed by atoms with Crippen LogP contribution in [0.15, 0.2) is 18.2 Å². The van der Waals surface area contributed by atoms with E-state index >= 15 is 0 Å². The Hall–Kier alpha value is -1.26. The number of benzene rings is 1. The first kappa shape index (κ1) is 12.2. The quantitative estimate of drug-likeness (QED) is 0.867. The normalized spacial score (nSPS) is 18.9. The third kappa shape index (κ3) is 2.70. The van der Waals surface area contributed by atoms with Crippen LogP contribution in [0.2, 0.25) is 10.0 Å². The minimum absolute atomic E-state index is 0.115. The van der Waals surface area contributed by atoms with Gasteiger partial charge in [-0.3, -0.25) is 9.59 Å². The van der Waals surface area contributed by atoms with Gasteiger partial charge in [-0.05, 0) is 18.6 Å². The molecule has 4 nitrogen and oxygen atoms in total. The molecule has 1 saturated heterocycles. The fourth-order valence-electron chi connectivity index (χ4n) is 1.64. The molecule has 1 atom stereocenters. The van der Waals surface area contributed by atoms with Crippen molar-refractivity contribution < 1.29 is 9.59 Å². The zero-order chi connectivity index (χ0) is 12.4. The van der Waals surface area contributed by atoms with Crippen molar-refractivity contribution in [2.75, 3.05) is 5.32 Å². The van der Waals surface area contributed by atoms with Crippen molar-refractivity contribution in [1.82, 2.24) is 5.32 Å². The maximum atomic E-state index is 11.8. The molecule has 0 radical (unpaired) electrons. The maximum absolute atomic E-state index is 11.8. The number of halogens is 2. The SMILES string of the molecule is O=C1CCC(C(=O)Nc2c(Cl)cccc2Cl)N1. The van der Waals surface area contributed by atoms with Gasteiger partial charge in [0.15, 0.2) is 0 Å². The van der Waals surface area contributed by atoms with Gasteiger partial charge in [-0.1, -0.05) is 29.3 Å². The predicted octanol–water partition coefficient (Wildman–Crippen LogP) is 2.21. The summed E-state index contributed by atoms with van der Waals surface area (Å²) in [6, 6.07) is 4.46. The first-order valence-electron chi connectivity index (χ1n) is 5.12. The first-order chi connectivity index (χ1) is 8.08. The highest BCUT2D eigenvalue weighted by Gasteiger charge is 2.27. The van der Waals surface area contributed by atoms with Crippen LogP contribution in [0.4, 0.5) is 5.69 Å². The van der Waals surface area contributed by atoms with Crippen molar-refractivity contribution in [1.29, 1.82) is 0 Å². The van der Waals surface area contributed by atoms with Gasteiger partial charge in [0.1, 0.15) is 6.04 Å². The molecule has 1 aliphatic heterocycles. The average Bonchev–Trinajstić information content (AvgIpc) is 2.70. The molecule has 0 aromatic heterocycles. The van der Waals surface area contributed by atoms with Crippen molar-refractivity contribution in [3.8, 4) is 0 Å². The number of anilines is 1. The number of hydrogen-bond acceptors (Lipinski definition) is 2. The van der Waals surface area contributed by atoms with Gasteiger partial charge in [-0.15, -0.1) is 0 Å². The molecule has 1 heterocycles. The lowest BCUT2D eigenvalue weighted by molar-refractivity contribution is -0.122. The summed E-state index contributed by atoms with van der Waals surface area (Å²) < 4.78 is 0. The van der Waals surface area contributed by atoms with Crippen LogP contribution >= 0.6 is 23.2 Å². The Labute approximate surface area is 108 Å². The Balaban J connectivity index is 2.11. The molecule has 0 bridgehead atoms. The molecule has 1 aromatic carbocycles. The predicted molar refractivity (Wildman–Crippen MR) is 66.3 cm³/mol. The molecular weight excluding hydrogens is 263 g/mol. The number of nitrogens with one attached hydrogen (secondary N) is 2. The largest absolute Gasteiger partial charge is 0.344 e. The third-order valence-electron chi connectivity index (χ3n) is 2.52. The van der Waals surface area contributed by atoms with Gasteiger partial charge < -0.3 is 10.6 Å². The summed E-state index contributed by atoms with van der Waals surface area (Å²) in [5, 5.41) is 5.94. The van der Waals surface area contributed by atoms with E-state index in [0.29, 0.717) is 28.6 Å². The number of hydrogen-bond donors (Lipinski definition) is 2. The maximum Gasteiger partial charge on any atom is 0.247 e. The molecule has 0 aliphatic carbocycles. The zero-order valence-corrected chi connectivity index (χ0v) is 10.3. The fraction of sp³-hybridized carbons (Fsp3) is 0.273. The smallest absolute Gasteiger partial charge is 0.247 e. The zero-order valence-electron chi connectivity index (χ0n) is 8.80. The van der Waals surface area contributed by atoms with Crippen LogP contribution in [0.5, 0.6) is 0 Å². The van der Waals surface area contributed by atoms with Gasteiger partial charge in [-0.25, -0.2) is 0 Å². The Morgan fingerprint density at radius 3 is 2.53 bits per heavy atom. The van der Waals surface area contributed by atoms with Crippen LogP contribution in [-0.2, 0) is 9.59 Å². The second-order valence-corrected chi connectivity index (χ2v) is 4.56. The minimum Gasteiger partial charge on any atom is -0.344 e. The highest BCUT2D eigenvalue weighted by atomic mass is 35.5. The molecule has 1 aromatic rings. The van der Waals surface area contributed by atoms with Gasteiger partial charge in [0.2, 0.25) is 11.8 Å². The highest BCUT2D eigenvalue weighted by Crippen LogP contribution is 2.30. The number of carbonyl (C=O) groups excluding carboxylic acids is 2. The van der Waals surface area contributed by atoms with Crippen LogP contribution in [0, 0.1) is 0 Å². The van der Waals surface area contributed by atoms with Crippen LogP contribution < -0.4 is 10.6 Å². The molecule has 6 heteroatoms. The van der Waals surface area contributed by atoms with E-state index in [4.69, 9.17) is 23.2 Å². The number of carbonyl (C=O) groups is 2. The van der Waals surface area contributed by atoms with Crippen LogP contribution in [-0.4, -0.2) is 17.9 Å². The lowest BCUT2D eigenvalue weighted by Crippen LogP contribution is -2.37. The van der Waals surface area contributed by atoms with Gasteiger partial charge in [0, 0.05) is 6.42 Å². The van der Waals surface area contributed by atoms with Gasteiger partial charge in [0.05, 0.1) is 15.7 Å². The summed E-state index contributed by atoms with van der Waals surface area (Å²) in [6.07, 6.45) is 0.862. The molecule has 2 rings (SSSR count). The van der Waals surface area contributed by atoms with E-state index < -0.39 is 6.04 Å². The van der Waals surface area contributed by atoms with E-state index in [-0.39, 0.29) is 11.8 Å². The summed E-state index contributed by atoms with van der Waals surface area (Å²) in [5.74, 6) is -0.416. The van der Waals surface area contributed by atoms with Crippen LogP contribution in [0.25, 0.3) is 0 Å². The van der Waals surface area contributed by atoms with Gasteiger partial charge >= 0.3 is 0 Å². The molecule has 0 saturated carbocycles. The standard InChI is InChI=1S/C11H10Cl2N2O2/c12-6-2-1-3-7(13)10(6)15-11(17)8-4-5-9(16)14-8/h1-3,8H,4-5H2,(H,14,16)(H,15,17). The van der Waals surface area contributed by atoms with Crippen LogP contribution in [0.1, 0.15) is 12.8 Å². The molecule has 1 unspecified atom stereocenters. The first-order valence-corrected chi connectivity index (χ1v) is 5.88. The highest BCUT2D eigenvalue weighted by molar-refractivity contribution is 6.39. The van der Waals surface area contributed by atoms with Crippen molar-refractivity contribution in [3.63, 3.8) is 0 Å². The molecular formula is C11H10Cl2N2O2. The second-order valence-electron chi connectivity index (χ2n) is 3.74. The molecule has 1 fully saturated rings. The summed E-state index contributed by atoms with van der Waals surface area (Å²) in [7, 11) is 0. The van der Waals surface area contributed by atoms with Crippen molar-refractivity contribution in [2.24, 2.45) is 0 Å². The van der Waals surface area contributed by atoms with Crippen molar-refractivity contribution in [3.05, 3.63) is 28.2 Å². The van der Waals surface area contributed by atoms with E-state index in [1.54, 1.807) is 18.2 Å². The Kier molecular flexibility index (Phi) is 3.54. The summed E-state index contributed by atoms with van der Waals surface area (Å²) in [5.41, 5.74) is 0.377. The topological polar surface area (TPSA) is 58.2 Å². The van der Waals surface area contributed by atoms with E-state index in [1.165, 1.54) is 0 Å². The molecule has 2 amide bonds. The minimum atomic E-state index is -0.505. The second kappa shape index (κ2) is 4.94. The van der Waals surface area contributed by atoms with E-state index in [2.05, 4.69) is 10.6 Å². The number of para-hydroxylation sites is 1. The van der Waals surface area contributed by atoms with E-state index in [9.17, 15) is 9.59 Å². The molecule has 90 valence electrons. The molecule has 2 N–H and O–H groups in total. The molecule has 0 spiro atoms. The molecule has 17 heavy (non-hydrogen) atoms.